The molecule has 2 rings (SSSR count). The molecule has 0 bridgehead atoms. The highest BCUT2D eigenvalue weighted by Gasteiger charge is 2.09. The van der Waals surface area contributed by atoms with Gasteiger partial charge in [0.15, 0.2) is 0 Å². The Morgan fingerprint density at radius 1 is 1.23 bits per heavy atom. The highest BCUT2D eigenvalue weighted by atomic mass is 35.5. The van der Waals surface area contributed by atoms with Crippen LogP contribution in [0.4, 0.5) is 4.39 Å². The minimum absolute atomic E-state index is 0.196. The van der Waals surface area contributed by atoms with Crippen LogP contribution in [-0.4, -0.2) is 11.6 Å². The number of rotatable bonds is 4. The summed E-state index contributed by atoms with van der Waals surface area (Å²) in [7, 11) is 0. The number of carbonyl (C=O) groups is 1. The zero-order chi connectivity index (χ0) is 16.1. The molecule has 0 saturated carbocycles. The van der Waals surface area contributed by atoms with Gasteiger partial charge in [-0.15, -0.1) is 0 Å². The Kier molecular flexibility index (Phi) is 5.52. The molecule has 0 saturated heterocycles. The first-order chi connectivity index (χ1) is 10.5. The maximum absolute atomic E-state index is 13.1. The molecule has 2 aromatic rings. The lowest BCUT2D eigenvalue weighted by molar-refractivity contribution is 0.0954. The van der Waals surface area contributed by atoms with Gasteiger partial charge in [-0.1, -0.05) is 42.3 Å². The van der Waals surface area contributed by atoms with Gasteiger partial charge in [-0.2, -0.15) is 5.10 Å². The van der Waals surface area contributed by atoms with Gasteiger partial charge in [-0.05, 0) is 36.8 Å². The molecule has 0 aromatic heterocycles. The molecular formula is C16H13Cl2FN2O. The normalized spacial score (nSPS) is 11.4. The zero-order valence-electron chi connectivity index (χ0n) is 11.7. The third-order valence-electron chi connectivity index (χ3n) is 2.96. The molecule has 0 spiro atoms. The first-order valence-electron chi connectivity index (χ1n) is 6.59. The van der Waals surface area contributed by atoms with E-state index in [9.17, 15) is 9.18 Å². The lowest BCUT2D eigenvalue weighted by Crippen LogP contribution is -2.20. The van der Waals surface area contributed by atoms with E-state index in [0.717, 1.165) is 6.07 Å². The van der Waals surface area contributed by atoms with E-state index in [1.165, 1.54) is 18.2 Å². The fourth-order valence-electron chi connectivity index (χ4n) is 1.87. The van der Waals surface area contributed by atoms with Crippen LogP contribution < -0.4 is 5.43 Å². The van der Waals surface area contributed by atoms with Crippen LogP contribution in [0.2, 0.25) is 10.0 Å². The van der Waals surface area contributed by atoms with Crippen molar-refractivity contribution in [3.63, 3.8) is 0 Å². The quantitative estimate of drug-likeness (QED) is 0.638. The van der Waals surface area contributed by atoms with Crippen LogP contribution in [0.3, 0.4) is 0 Å². The van der Waals surface area contributed by atoms with Gasteiger partial charge in [0.1, 0.15) is 5.82 Å². The van der Waals surface area contributed by atoms with E-state index in [-0.39, 0.29) is 5.56 Å². The zero-order valence-corrected chi connectivity index (χ0v) is 13.2. The van der Waals surface area contributed by atoms with Crippen molar-refractivity contribution >= 4 is 34.8 Å². The van der Waals surface area contributed by atoms with Gasteiger partial charge in [-0.3, -0.25) is 4.79 Å². The van der Waals surface area contributed by atoms with Gasteiger partial charge < -0.3 is 0 Å². The fourth-order valence-corrected chi connectivity index (χ4v) is 2.38. The first-order valence-corrected chi connectivity index (χ1v) is 7.34. The number of hydrogen-bond acceptors (Lipinski definition) is 2. The monoisotopic (exact) mass is 338 g/mol. The maximum atomic E-state index is 13.1. The van der Waals surface area contributed by atoms with E-state index in [0.29, 0.717) is 27.7 Å². The van der Waals surface area contributed by atoms with Gasteiger partial charge in [0.05, 0.1) is 10.7 Å². The van der Waals surface area contributed by atoms with Crippen LogP contribution in [0, 0.1) is 5.82 Å². The summed E-state index contributed by atoms with van der Waals surface area (Å²) in [6.07, 6.45) is 0.560. The fraction of sp³-hybridized carbons (Fsp3) is 0.125. The highest BCUT2D eigenvalue weighted by molar-refractivity contribution is 6.37. The average Bonchev–Trinajstić information content (AvgIpc) is 2.49. The van der Waals surface area contributed by atoms with Gasteiger partial charge in [0.25, 0.3) is 5.91 Å². The van der Waals surface area contributed by atoms with Crippen LogP contribution in [0.5, 0.6) is 0 Å². The molecule has 0 aliphatic rings. The predicted octanol–water partition coefficient (Wildman–Crippen LogP) is 4.68. The molecule has 6 heteroatoms. The summed E-state index contributed by atoms with van der Waals surface area (Å²) in [5.74, 6) is -0.969. The largest absolute Gasteiger partial charge is 0.271 e. The van der Waals surface area contributed by atoms with Crippen molar-refractivity contribution in [2.75, 3.05) is 0 Å². The molecule has 0 aliphatic heterocycles. The maximum Gasteiger partial charge on any atom is 0.271 e. The highest BCUT2D eigenvalue weighted by Crippen LogP contribution is 2.22. The Morgan fingerprint density at radius 2 is 2.00 bits per heavy atom. The number of hydrogen-bond donors (Lipinski definition) is 1. The number of hydrazone groups is 1. The summed E-state index contributed by atoms with van der Waals surface area (Å²) in [5.41, 5.74) is 3.90. The lowest BCUT2D eigenvalue weighted by atomic mass is 10.1. The third kappa shape index (κ3) is 4.06. The second-order valence-corrected chi connectivity index (χ2v) is 5.33. The lowest BCUT2D eigenvalue weighted by Gasteiger charge is -2.08. The molecular weight excluding hydrogens is 326 g/mol. The second-order valence-electron chi connectivity index (χ2n) is 4.49. The number of nitrogens with zero attached hydrogens (tertiary/aromatic N) is 1. The Morgan fingerprint density at radius 3 is 2.64 bits per heavy atom. The Labute approximate surface area is 137 Å². The van der Waals surface area contributed by atoms with E-state index in [2.05, 4.69) is 10.5 Å². The summed E-state index contributed by atoms with van der Waals surface area (Å²) >= 11 is 12.0. The molecule has 1 N–H and O–H groups in total. The summed E-state index contributed by atoms with van der Waals surface area (Å²) in [4.78, 5) is 11.9. The van der Waals surface area contributed by atoms with Crippen molar-refractivity contribution in [2.24, 2.45) is 5.10 Å². The number of nitrogens with one attached hydrogen (secondary N) is 1. The summed E-state index contributed by atoms with van der Waals surface area (Å²) in [6, 6.07) is 10.4. The van der Waals surface area contributed by atoms with Gasteiger partial charge in [0.2, 0.25) is 0 Å². The average molecular weight is 339 g/mol. The Balaban J connectivity index is 2.21. The van der Waals surface area contributed by atoms with Crippen LogP contribution in [0.1, 0.15) is 29.3 Å². The number of halogens is 3. The van der Waals surface area contributed by atoms with Crippen LogP contribution in [0.25, 0.3) is 0 Å². The topological polar surface area (TPSA) is 41.5 Å². The second kappa shape index (κ2) is 7.38. The smallest absolute Gasteiger partial charge is 0.267 e. The van der Waals surface area contributed by atoms with Gasteiger partial charge in [-0.25, -0.2) is 9.82 Å². The summed E-state index contributed by atoms with van der Waals surface area (Å²) in [6.45, 7) is 1.89. The van der Waals surface area contributed by atoms with E-state index >= 15 is 0 Å². The van der Waals surface area contributed by atoms with Crippen LogP contribution >= 0.6 is 23.2 Å². The van der Waals surface area contributed by atoms with E-state index < -0.39 is 11.7 Å². The molecule has 22 heavy (non-hydrogen) atoms. The molecule has 2 aromatic carbocycles. The molecule has 0 unspecified atom stereocenters. The SMILES string of the molecule is CC/C(=N\NC(=O)c1cccc(F)c1)c1ccc(Cl)cc1Cl. The molecule has 0 heterocycles. The molecule has 0 aliphatic carbocycles. The number of amides is 1. The van der Waals surface area contributed by atoms with E-state index in [1.807, 2.05) is 6.92 Å². The molecule has 114 valence electrons. The van der Waals surface area contributed by atoms with Crippen molar-refractivity contribution in [1.82, 2.24) is 5.43 Å². The standard InChI is InChI=1S/C16H13Cl2FN2O/c1-2-15(13-7-6-11(17)9-14(13)18)20-21-16(22)10-4-3-5-12(19)8-10/h3-9H,2H2,1H3,(H,21,22)/b20-15+. The predicted molar refractivity (Wildman–Crippen MR) is 87.2 cm³/mol. The van der Waals surface area contributed by atoms with Gasteiger partial charge >= 0.3 is 0 Å². The van der Waals surface area contributed by atoms with Crippen LogP contribution in [-0.2, 0) is 0 Å². The molecule has 0 radical (unpaired) electrons. The van der Waals surface area contributed by atoms with Crippen LogP contribution in [0.15, 0.2) is 47.6 Å². The van der Waals surface area contributed by atoms with Crippen molar-refractivity contribution < 1.29 is 9.18 Å². The molecule has 3 nitrogen and oxygen atoms in total. The summed E-state index contributed by atoms with van der Waals surface area (Å²) < 4.78 is 13.1. The molecule has 1 amide bonds. The summed E-state index contributed by atoms with van der Waals surface area (Å²) in [5, 5.41) is 5.05. The van der Waals surface area contributed by atoms with E-state index in [4.69, 9.17) is 23.2 Å². The molecule has 0 fully saturated rings. The Bertz CT molecular complexity index is 732. The van der Waals surface area contributed by atoms with Crippen molar-refractivity contribution in [3.05, 3.63) is 69.5 Å². The number of benzene rings is 2. The van der Waals surface area contributed by atoms with E-state index in [1.54, 1.807) is 18.2 Å². The minimum atomic E-state index is -0.490. The number of carbonyl (C=O) groups excluding carboxylic acids is 1. The van der Waals surface area contributed by atoms with Crippen molar-refractivity contribution in [3.8, 4) is 0 Å². The molecule has 0 atom stereocenters. The van der Waals surface area contributed by atoms with Gasteiger partial charge in [0, 0.05) is 16.1 Å². The third-order valence-corrected chi connectivity index (χ3v) is 3.50. The minimum Gasteiger partial charge on any atom is -0.267 e. The van der Waals surface area contributed by atoms with Crippen molar-refractivity contribution in [1.29, 1.82) is 0 Å². The Hall–Kier alpha value is -1.91. The first kappa shape index (κ1) is 16.5. The van der Waals surface area contributed by atoms with Crippen molar-refractivity contribution in [2.45, 2.75) is 13.3 Å².